The summed E-state index contributed by atoms with van der Waals surface area (Å²) in [5.74, 6) is -3.28. The number of carboxylic acid groups (broad SMARTS) is 2. The summed E-state index contributed by atoms with van der Waals surface area (Å²) in [6.45, 7) is 0.0887. The molecular formula is C8H15N3O5. The molecule has 0 fully saturated rings. The fraction of sp³-hybridized carbons (Fsp3) is 0.625. The summed E-state index contributed by atoms with van der Waals surface area (Å²) in [6, 6.07) is -2.41. The van der Waals surface area contributed by atoms with Crippen LogP contribution in [0.2, 0.25) is 0 Å². The molecule has 0 saturated carbocycles. The van der Waals surface area contributed by atoms with Gasteiger partial charge in [-0.25, -0.2) is 4.79 Å². The average molecular weight is 233 g/mol. The number of aliphatic carboxylic acids is 2. The Morgan fingerprint density at radius 3 is 2.19 bits per heavy atom. The van der Waals surface area contributed by atoms with Gasteiger partial charge in [-0.05, 0) is 13.0 Å². The van der Waals surface area contributed by atoms with Gasteiger partial charge < -0.3 is 27.0 Å². The molecule has 0 aromatic carbocycles. The lowest BCUT2D eigenvalue weighted by Crippen LogP contribution is -2.49. The molecule has 0 heterocycles. The Balaban J connectivity index is 4.28. The summed E-state index contributed by atoms with van der Waals surface area (Å²) in [5, 5.41) is 19.2. The molecule has 0 aliphatic carbocycles. The van der Waals surface area contributed by atoms with Crippen LogP contribution in [-0.2, 0) is 14.4 Å². The zero-order chi connectivity index (χ0) is 12.7. The number of hydrogen-bond acceptors (Lipinski definition) is 5. The summed E-state index contributed by atoms with van der Waals surface area (Å²) in [7, 11) is 0. The number of hydrogen-bond donors (Lipinski definition) is 5. The Morgan fingerprint density at radius 2 is 1.81 bits per heavy atom. The molecule has 0 spiro atoms. The quantitative estimate of drug-likeness (QED) is 0.331. The molecule has 0 aliphatic rings. The van der Waals surface area contributed by atoms with Gasteiger partial charge in [0.1, 0.15) is 6.04 Å². The van der Waals surface area contributed by atoms with Crippen LogP contribution in [0.5, 0.6) is 0 Å². The van der Waals surface area contributed by atoms with Crippen LogP contribution in [0.25, 0.3) is 0 Å². The van der Waals surface area contributed by atoms with Crippen LogP contribution in [0.4, 0.5) is 0 Å². The first-order valence-corrected chi connectivity index (χ1v) is 4.59. The number of amides is 1. The molecule has 2 atom stereocenters. The van der Waals surface area contributed by atoms with E-state index in [9.17, 15) is 14.4 Å². The molecule has 0 bridgehead atoms. The fourth-order valence-corrected chi connectivity index (χ4v) is 0.984. The second kappa shape index (κ2) is 6.75. The predicted molar refractivity (Wildman–Crippen MR) is 53.5 cm³/mol. The van der Waals surface area contributed by atoms with E-state index in [2.05, 4.69) is 5.32 Å². The second-order valence-electron chi connectivity index (χ2n) is 3.18. The standard InChI is InChI=1S/C8H15N3O5/c9-2-1-5(8(15)16)11-7(14)4(10)3-6(12)13/h4-5H,1-3,9-10H2,(H,11,14)(H,12,13)(H,15,16)/t4-,5-/m0/s1. The van der Waals surface area contributed by atoms with Crippen molar-refractivity contribution in [3.63, 3.8) is 0 Å². The van der Waals surface area contributed by atoms with Crippen LogP contribution in [0.3, 0.4) is 0 Å². The van der Waals surface area contributed by atoms with Crippen LogP contribution in [0.15, 0.2) is 0 Å². The first kappa shape index (κ1) is 14.3. The van der Waals surface area contributed by atoms with Gasteiger partial charge in [0.2, 0.25) is 5.91 Å². The maximum absolute atomic E-state index is 11.3. The number of nitrogens with one attached hydrogen (secondary N) is 1. The van der Waals surface area contributed by atoms with Crippen LogP contribution >= 0.6 is 0 Å². The van der Waals surface area contributed by atoms with E-state index in [1.807, 2.05) is 0 Å². The summed E-state index contributed by atoms with van der Waals surface area (Å²) in [6.07, 6.45) is -0.498. The van der Waals surface area contributed by atoms with E-state index >= 15 is 0 Å². The number of carbonyl (C=O) groups is 3. The molecule has 0 aliphatic heterocycles. The van der Waals surface area contributed by atoms with Crippen LogP contribution < -0.4 is 16.8 Å². The van der Waals surface area contributed by atoms with Crippen LogP contribution in [0.1, 0.15) is 12.8 Å². The first-order valence-electron chi connectivity index (χ1n) is 4.59. The third-order valence-corrected chi connectivity index (χ3v) is 1.80. The lowest BCUT2D eigenvalue weighted by Gasteiger charge is -2.16. The highest BCUT2D eigenvalue weighted by atomic mass is 16.4. The largest absolute Gasteiger partial charge is 0.481 e. The van der Waals surface area contributed by atoms with Gasteiger partial charge in [0.25, 0.3) is 0 Å². The summed E-state index contributed by atoms with van der Waals surface area (Å²) in [4.78, 5) is 32.2. The molecule has 0 rings (SSSR count). The Bertz CT molecular complexity index is 281. The maximum atomic E-state index is 11.3. The molecule has 8 nitrogen and oxygen atoms in total. The van der Waals surface area contributed by atoms with Gasteiger partial charge in [-0.15, -0.1) is 0 Å². The zero-order valence-electron chi connectivity index (χ0n) is 8.55. The average Bonchev–Trinajstić information content (AvgIpc) is 2.15. The molecule has 0 unspecified atom stereocenters. The number of rotatable bonds is 7. The Hall–Kier alpha value is -1.67. The molecule has 16 heavy (non-hydrogen) atoms. The van der Waals surface area contributed by atoms with Gasteiger partial charge in [-0.2, -0.15) is 0 Å². The molecule has 0 aromatic rings. The van der Waals surface area contributed by atoms with E-state index in [4.69, 9.17) is 21.7 Å². The maximum Gasteiger partial charge on any atom is 0.326 e. The minimum absolute atomic E-state index is 0.0564. The third-order valence-electron chi connectivity index (χ3n) is 1.80. The minimum Gasteiger partial charge on any atom is -0.481 e. The highest BCUT2D eigenvalue weighted by Crippen LogP contribution is 1.94. The van der Waals surface area contributed by atoms with Gasteiger partial charge in [0.05, 0.1) is 12.5 Å². The SMILES string of the molecule is NCC[C@H](NC(=O)[C@@H](N)CC(=O)O)C(=O)O. The first-order chi connectivity index (χ1) is 7.38. The Kier molecular flexibility index (Phi) is 6.04. The van der Waals surface area contributed by atoms with Crippen molar-refractivity contribution in [2.24, 2.45) is 11.5 Å². The molecular weight excluding hydrogens is 218 g/mol. The number of carbonyl (C=O) groups excluding carboxylic acids is 1. The van der Waals surface area contributed by atoms with E-state index in [0.717, 1.165) is 0 Å². The fourth-order valence-electron chi connectivity index (χ4n) is 0.984. The van der Waals surface area contributed by atoms with Crippen molar-refractivity contribution >= 4 is 17.8 Å². The van der Waals surface area contributed by atoms with Crippen molar-refractivity contribution in [1.29, 1.82) is 0 Å². The van der Waals surface area contributed by atoms with Gasteiger partial charge in [0.15, 0.2) is 0 Å². The number of nitrogens with two attached hydrogens (primary N) is 2. The van der Waals surface area contributed by atoms with Crippen molar-refractivity contribution in [1.82, 2.24) is 5.32 Å². The lowest BCUT2D eigenvalue weighted by atomic mass is 10.1. The Morgan fingerprint density at radius 1 is 1.25 bits per heavy atom. The molecule has 1 amide bonds. The van der Waals surface area contributed by atoms with Crippen molar-refractivity contribution in [2.45, 2.75) is 24.9 Å². The van der Waals surface area contributed by atoms with E-state index < -0.39 is 36.4 Å². The minimum atomic E-state index is -1.27. The van der Waals surface area contributed by atoms with E-state index in [0.29, 0.717) is 0 Å². The number of carboxylic acids is 2. The lowest BCUT2D eigenvalue weighted by molar-refractivity contribution is -0.142. The molecule has 0 radical (unpaired) electrons. The topological polar surface area (TPSA) is 156 Å². The zero-order valence-corrected chi connectivity index (χ0v) is 8.55. The molecule has 7 N–H and O–H groups in total. The summed E-state index contributed by atoms with van der Waals surface area (Å²) >= 11 is 0. The van der Waals surface area contributed by atoms with Gasteiger partial charge >= 0.3 is 11.9 Å². The van der Waals surface area contributed by atoms with E-state index in [1.54, 1.807) is 0 Å². The monoisotopic (exact) mass is 233 g/mol. The summed E-state index contributed by atoms with van der Waals surface area (Å²) in [5.41, 5.74) is 10.4. The smallest absolute Gasteiger partial charge is 0.326 e. The van der Waals surface area contributed by atoms with E-state index in [1.165, 1.54) is 0 Å². The predicted octanol–water partition coefficient (Wildman–Crippen LogP) is -2.29. The van der Waals surface area contributed by atoms with Gasteiger partial charge in [-0.1, -0.05) is 0 Å². The Labute approximate surface area is 91.6 Å². The second-order valence-corrected chi connectivity index (χ2v) is 3.18. The molecule has 8 heteroatoms. The highest BCUT2D eigenvalue weighted by Gasteiger charge is 2.23. The molecule has 92 valence electrons. The van der Waals surface area contributed by atoms with Crippen molar-refractivity contribution in [3.05, 3.63) is 0 Å². The molecule has 0 saturated heterocycles. The third kappa shape index (κ3) is 5.27. The highest BCUT2D eigenvalue weighted by molar-refractivity contribution is 5.89. The van der Waals surface area contributed by atoms with E-state index in [-0.39, 0.29) is 13.0 Å². The van der Waals surface area contributed by atoms with Gasteiger partial charge in [0, 0.05) is 0 Å². The summed E-state index contributed by atoms with van der Waals surface area (Å²) < 4.78 is 0. The van der Waals surface area contributed by atoms with Crippen molar-refractivity contribution < 1.29 is 24.6 Å². The van der Waals surface area contributed by atoms with Crippen molar-refractivity contribution in [3.8, 4) is 0 Å². The van der Waals surface area contributed by atoms with Crippen molar-refractivity contribution in [2.75, 3.05) is 6.54 Å². The van der Waals surface area contributed by atoms with Crippen LogP contribution in [0, 0.1) is 0 Å². The molecule has 0 aromatic heterocycles. The van der Waals surface area contributed by atoms with Gasteiger partial charge in [-0.3, -0.25) is 9.59 Å². The normalized spacial score (nSPS) is 13.9. The van der Waals surface area contributed by atoms with Crippen LogP contribution in [-0.4, -0.2) is 46.7 Å².